The van der Waals surface area contributed by atoms with Gasteiger partial charge in [-0.05, 0) is 18.2 Å². The van der Waals surface area contributed by atoms with Gasteiger partial charge in [-0.3, -0.25) is 4.90 Å². The van der Waals surface area contributed by atoms with Crippen LogP contribution in [-0.2, 0) is 11.3 Å². The Morgan fingerprint density at radius 2 is 2.10 bits per heavy atom. The molecule has 0 fully saturated rings. The lowest BCUT2D eigenvalue weighted by molar-refractivity contribution is 0.126. The third-order valence-electron chi connectivity index (χ3n) is 2.99. The highest BCUT2D eigenvalue weighted by molar-refractivity contribution is 7.80. The monoisotopic (exact) mass is 298 g/mol. The number of methoxy groups -OCH3 is 2. The Morgan fingerprint density at radius 1 is 1.35 bits per heavy atom. The molecule has 0 aliphatic carbocycles. The minimum atomic E-state index is 0.0982. The summed E-state index contributed by atoms with van der Waals surface area (Å²) in [6.07, 6.45) is 0. The third-order valence-corrected chi connectivity index (χ3v) is 3.22. The van der Waals surface area contributed by atoms with Crippen molar-refractivity contribution in [2.24, 2.45) is 5.73 Å². The van der Waals surface area contributed by atoms with E-state index in [9.17, 15) is 0 Å². The number of hydrogen-bond acceptors (Lipinski definition) is 5. The quantitative estimate of drug-likeness (QED) is 0.656. The smallest absolute Gasteiger partial charge is 0.123 e. The molecule has 0 aromatic heterocycles. The molecule has 0 spiro atoms. The molecule has 6 heteroatoms. The minimum Gasteiger partial charge on any atom is -0.496 e. The number of thiocarbonyl (C=S) groups is 1. The number of aliphatic hydroxyl groups is 1. The molecular formula is C14H22N2O3S. The van der Waals surface area contributed by atoms with E-state index < -0.39 is 0 Å². The Hall–Kier alpha value is -1.21. The topological polar surface area (TPSA) is 68.0 Å². The first-order valence-corrected chi connectivity index (χ1v) is 6.82. The maximum Gasteiger partial charge on any atom is 0.123 e. The van der Waals surface area contributed by atoms with Crippen LogP contribution in [0.5, 0.6) is 5.75 Å². The number of aliphatic hydroxyl groups excluding tert-OH is 1. The third kappa shape index (κ3) is 5.05. The molecule has 0 amide bonds. The second-order valence-corrected chi connectivity index (χ2v) is 4.82. The standard InChI is InChI=1S/C14H22N2O3S/c1-18-8-6-16(5-7-17)10-12-9-11(14(15)20)3-4-13(12)19-2/h3-4,9,17H,5-8,10H2,1-2H3,(H2,15,20). The molecule has 3 N–H and O–H groups in total. The van der Waals surface area contributed by atoms with Crippen LogP contribution in [0.15, 0.2) is 18.2 Å². The van der Waals surface area contributed by atoms with Crippen molar-refractivity contribution in [2.75, 3.05) is 40.5 Å². The first-order chi connectivity index (χ1) is 9.62. The van der Waals surface area contributed by atoms with Crippen molar-refractivity contribution >= 4 is 17.2 Å². The van der Waals surface area contributed by atoms with E-state index in [0.29, 0.717) is 24.7 Å². The number of hydrogen-bond donors (Lipinski definition) is 2. The molecule has 1 rings (SSSR count). The molecule has 20 heavy (non-hydrogen) atoms. The zero-order valence-electron chi connectivity index (χ0n) is 12.0. The SMILES string of the molecule is COCCN(CCO)Cc1cc(C(N)=S)ccc1OC. The van der Waals surface area contributed by atoms with Crippen LogP contribution >= 0.6 is 12.2 Å². The van der Waals surface area contributed by atoms with Crippen LogP contribution in [0.1, 0.15) is 11.1 Å². The Bertz CT molecular complexity index is 440. The Kier molecular flexibility index (Phi) is 7.46. The number of ether oxygens (including phenoxy) is 2. The van der Waals surface area contributed by atoms with Crippen LogP contribution < -0.4 is 10.5 Å². The van der Waals surface area contributed by atoms with Gasteiger partial charge in [0, 0.05) is 37.9 Å². The number of nitrogens with zero attached hydrogens (tertiary/aromatic N) is 1. The van der Waals surface area contributed by atoms with Crippen LogP contribution in [0.2, 0.25) is 0 Å². The van der Waals surface area contributed by atoms with Crippen molar-refractivity contribution in [2.45, 2.75) is 6.54 Å². The molecule has 1 aromatic carbocycles. The van der Waals surface area contributed by atoms with E-state index >= 15 is 0 Å². The summed E-state index contributed by atoms with van der Waals surface area (Å²) in [7, 11) is 3.29. The average molecular weight is 298 g/mol. The predicted molar refractivity (Wildman–Crippen MR) is 83.1 cm³/mol. The van der Waals surface area contributed by atoms with Gasteiger partial charge in [0.1, 0.15) is 10.7 Å². The summed E-state index contributed by atoms with van der Waals surface area (Å²) in [4.78, 5) is 2.45. The molecule has 0 heterocycles. The summed E-state index contributed by atoms with van der Waals surface area (Å²) >= 11 is 5.00. The molecular weight excluding hydrogens is 276 g/mol. The fourth-order valence-corrected chi connectivity index (χ4v) is 2.06. The summed E-state index contributed by atoms with van der Waals surface area (Å²) in [5.74, 6) is 0.783. The maximum absolute atomic E-state index is 9.13. The molecule has 0 unspecified atom stereocenters. The Morgan fingerprint density at radius 3 is 2.65 bits per heavy atom. The minimum absolute atomic E-state index is 0.0982. The summed E-state index contributed by atoms with van der Waals surface area (Å²) in [6, 6.07) is 5.63. The van der Waals surface area contributed by atoms with E-state index in [4.69, 9.17) is 32.5 Å². The molecule has 0 atom stereocenters. The van der Waals surface area contributed by atoms with E-state index in [-0.39, 0.29) is 6.61 Å². The lowest BCUT2D eigenvalue weighted by Crippen LogP contribution is -2.30. The molecule has 5 nitrogen and oxygen atoms in total. The predicted octanol–water partition coefficient (Wildman–Crippen LogP) is 0.770. The van der Waals surface area contributed by atoms with Gasteiger partial charge < -0.3 is 20.3 Å². The molecule has 112 valence electrons. The molecule has 0 saturated heterocycles. The fourth-order valence-electron chi connectivity index (χ4n) is 1.93. The normalized spacial score (nSPS) is 10.8. The molecule has 0 bridgehead atoms. The highest BCUT2D eigenvalue weighted by Crippen LogP contribution is 2.21. The highest BCUT2D eigenvalue weighted by atomic mass is 32.1. The summed E-state index contributed by atoms with van der Waals surface area (Å²) in [6.45, 7) is 2.66. The van der Waals surface area contributed by atoms with E-state index in [1.54, 1.807) is 14.2 Å². The van der Waals surface area contributed by atoms with Gasteiger partial charge in [-0.2, -0.15) is 0 Å². The number of benzene rings is 1. The lowest BCUT2D eigenvalue weighted by Gasteiger charge is -2.22. The molecule has 0 radical (unpaired) electrons. The highest BCUT2D eigenvalue weighted by Gasteiger charge is 2.11. The van der Waals surface area contributed by atoms with Crippen LogP contribution in [0.25, 0.3) is 0 Å². The second-order valence-electron chi connectivity index (χ2n) is 4.38. The lowest BCUT2D eigenvalue weighted by atomic mass is 10.1. The van der Waals surface area contributed by atoms with E-state index in [1.807, 2.05) is 18.2 Å². The largest absolute Gasteiger partial charge is 0.496 e. The van der Waals surface area contributed by atoms with Crippen LogP contribution in [-0.4, -0.2) is 55.5 Å². The molecule has 0 aliphatic rings. The fraction of sp³-hybridized carbons (Fsp3) is 0.500. The Balaban J connectivity index is 2.90. The van der Waals surface area contributed by atoms with E-state index in [2.05, 4.69) is 4.90 Å². The second kappa shape index (κ2) is 8.86. The van der Waals surface area contributed by atoms with Gasteiger partial charge in [0.05, 0.1) is 20.3 Å². The van der Waals surface area contributed by atoms with E-state index in [0.717, 1.165) is 23.4 Å². The van der Waals surface area contributed by atoms with Gasteiger partial charge in [-0.15, -0.1) is 0 Å². The van der Waals surface area contributed by atoms with E-state index in [1.165, 1.54) is 0 Å². The van der Waals surface area contributed by atoms with Crippen molar-refractivity contribution in [3.05, 3.63) is 29.3 Å². The zero-order valence-corrected chi connectivity index (χ0v) is 12.8. The van der Waals surface area contributed by atoms with Gasteiger partial charge in [-0.25, -0.2) is 0 Å². The van der Waals surface area contributed by atoms with Crippen molar-refractivity contribution in [1.82, 2.24) is 4.90 Å². The summed E-state index contributed by atoms with van der Waals surface area (Å²) in [5, 5.41) is 9.13. The maximum atomic E-state index is 9.13. The molecule has 0 aliphatic heterocycles. The van der Waals surface area contributed by atoms with Crippen LogP contribution in [0.3, 0.4) is 0 Å². The van der Waals surface area contributed by atoms with Crippen molar-refractivity contribution < 1.29 is 14.6 Å². The molecule has 1 aromatic rings. The van der Waals surface area contributed by atoms with Gasteiger partial charge in [0.25, 0.3) is 0 Å². The van der Waals surface area contributed by atoms with Gasteiger partial charge in [-0.1, -0.05) is 12.2 Å². The zero-order chi connectivity index (χ0) is 15.0. The van der Waals surface area contributed by atoms with Crippen LogP contribution in [0.4, 0.5) is 0 Å². The number of nitrogens with two attached hydrogens (primary N) is 1. The van der Waals surface area contributed by atoms with Crippen LogP contribution in [0, 0.1) is 0 Å². The Labute approximate surface area is 125 Å². The molecule has 0 saturated carbocycles. The van der Waals surface area contributed by atoms with Crippen molar-refractivity contribution in [3.63, 3.8) is 0 Å². The summed E-state index contributed by atoms with van der Waals surface area (Å²) < 4.78 is 10.4. The first-order valence-electron chi connectivity index (χ1n) is 6.41. The van der Waals surface area contributed by atoms with Gasteiger partial charge >= 0.3 is 0 Å². The number of rotatable bonds is 9. The average Bonchev–Trinajstić information content (AvgIpc) is 2.44. The first kappa shape index (κ1) is 16.8. The van der Waals surface area contributed by atoms with Gasteiger partial charge in [0.2, 0.25) is 0 Å². The summed E-state index contributed by atoms with van der Waals surface area (Å²) in [5.41, 5.74) is 7.46. The van der Waals surface area contributed by atoms with Crippen molar-refractivity contribution in [1.29, 1.82) is 0 Å². The van der Waals surface area contributed by atoms with Crippen molar-refractivity contribution in [3.8, 4) is 5.75 Å². The van der Waals surface area contributed by atoms with Gasteiger partial charge in [0.15, 0.2) is 0 Å².